The van der Waals surface area contributed by atoms with E-state index in [1.165, 1.54) is 5.56 Å². The summed E-state index contributed by atoms with van der Waals surface area (Å²) in [6.45, 7) is 7.33. The third-order valence-corrected chi connectivity index (χ3v) is 6.68. The Morgan fingerprint density at radius 2 is 2.12 bits per heavy atom. The minimum atomic E-state index is -0.357. The van der Waals surface area contributed by atoms with Crippen LogP contribution in [0.15, 0.2) is 18.2 Å². The molecule has 0 spiro atoms. The maximum Gasteiger partial charge on any atom is 0.338 e. The average Bonchev–Trinajstić information content (AvgIpc) is 3.42. The van der Waals surface area contributed by atoms with Crippen molar-refractivity contribution in [2.45, 2.75) is 59.0 Å². The number of hydrogen-bond acceptors (Lipinski definition) is 6. The summed E-state index contributed by atoms with van der Waals surface area (Å²) in [4.78, 5) is 21.9. The van der Waals surface area contributed by atoms with Gasteiger partial charge in [-0.15, -0.1) is 0 Å². The van der Waals surface area contributed by atoms with Crippen LogP contribution in [-0.2, 0) is 11.2 Å². The summed E-state index contributed by atoms with van der Waals surface area (Å²) in [6, 6.07) is 7.93. The Hall–Kier alpha value is -3.11. The van der Waals surface area contributed by atoms with E-state index < -0.39 is 0 Å². The molecular weight excluding hydrogens is 414 g/mol. The largest absolute Gasteiger partial charge is 0.462 e. The zero-order valence-electron chi connectivity index (χ0n) is 20.3. The van der Waals surface area contributed by atoms with Crippen LogP contribution in [0.5, 0.6) is 0 Å². The van der Waals surface area contributed by atoms with Crippen molar-refractivity contribution in [2.75, 3.05) is 32.1 Å². The Morgan fingerprint density at radius 3 is 2.79 bits per heavy atom. The van der Waals surface area contributed by atoms with E-state index >= 15 is 0 Å². The van der Waals surface area contributed by atoms with Gasteiger partial charge in [0.2, 0.25) is 0 Å². The third-order valence-electron chi connectivity index (χ3n) is 6.68. The number of nitrogens with zero attached hydrogens (tertiary/aromatic N) is 5. The topological polar surface area (TPSA) is 73.9 Å². The zero-order valence-corrected chi connectivity index (χ0v) is 20.3. The summed E-state index contributed by atoms with van der Waals surface area (Å²) >= 11 is 0. The van der Waals surface area contributed by atoms with Crippen LogP contribution in [-0.4, -0.2) is 53.7 Å². The van der Waals surface area contributed by atoms with Gasteiger partial charge in [0.15, 0.2) is 5.65 Å². The van der Waals surface area contributed by atoms with E-state index in [9.17, 15) is 10.1 Å². The maximum absolute atomic E-state index is 12.3. The van der Waals surface area contributed by atoms with Crippen LogP contribution in [0.1, 0.15) is 66.6 Å². The zero-order chi connectivity index (χ0) is 23.7. The normalized spacial score (nSPS) is 16.2. The molecule has 1 saturated heterocycles. The lowest BCUT2D eigenvalue weighted by Crippen LogP contribution is -2.42. The van der Waals surface area contributed by atoms with Crippen LogP contribution in [0.2, 0.25) is 0 Å². The maximum atomic E-state index is 12.3. The van der Waals surface area contributed by atoms with E-state index in [4.69, 9.17) is 9.72 Å². The molecule has 174 valence electrons. The van der Waals surface area contributed by atoms with Gasteiger partial charge in [0.1, 0.15) is 11.9 Å². The molecule has 1 atom stereocenters. The number of pyridine rings is 1. The first kappa shape index (κ1) is 23.1. The van der Waals surface area contributed by atoms with Gasteiger partial charge in [-0.2, -0.15) is 5.26 Å². The summed E-state index contributed by atoms with van der Waals surface area (Å²) in [5.74, 6) is 0.779. The lowest BCUT2D eigenvalue weighted by molar-refractivity contribution is 0.0526. The molecule has 0 amide bonds. The average molecular weight is 448 g/mol. The second kappa shape index (κ2) is 9.40. The predicted octanol–water partition coefficient (Wildman–Crippen LogP) is 4.67. The molecule has 7 nitrogen and oxygen atoms in total. The third kappa shape index (κ3) is 3.93. The summed E-state index contributed by atoms with van der Waals surface area (Å²) in [5, 5.41) is 10.1. The summed E-state index contributed by atoms with van der Waals surface area (Å²) in [7, 11) is 4.25. The highest BCUT2D eigenvalue weighted by Crippen LogP contribution is 2.37. The highest BCUT2D eigenvalue weighted by atomic mass is 16.5. The fraction of sp³-hybridized carbons (Fsp3) is 0.500. The molecule has 0 bridgehead atoms. The highest BCUT2D eigenvalue weighted by molar-refractivity contribution is 5.95. The van der Waals surface area contributed by atoms with Gasteiger partial charge in [-0.1, -0.05) is 13.3 Å². The molecule has 33 heavy (non-hydrogen) atoms. The first-order valence-corrected chi connectivity index (χ1v) is 11.9. The van der Waals surface area contributed by atoms with Gasteiger partial charge in [-0.3, -0.25) is 9.30 Å². The smallest absolute Gasteiger partial charge is 0.338 e. The molecule has 1 aliphatic heterocycles. The van der Waals surface area contributed by atoms with Gasteiger partial charge in [0, 0.05) is 6.54 Å². The van der Waals surface area contributed by atoms with Gasteiger partial charge >= 0.3 is 5.97 Å². The number of carbonyl (C=O) groups excluding carboxylic acids is 1. The van der Waals surface area contributed by atoms with Crippen molar-refractivity contribution >= 4 is 28.5 Å². The fourth-order valence-corrected chi connectivity index (χ4v) is 5.05. The lowest BCUT2D eigenvalue weighted by atomic mass is 9.99. The minimum absolute atomic E-state index is 0.289. The molecule has 7 heteroatoms. The van der Waals surface area contributed by atoms with Crippen LogP contribution in [0.25, 0.3) is 16.7 Å². The van der Waals surface area contributed by atoms with Crippen molar-refractivity contribution in [3.05, 3.63) is 40.5 Å². The lowest BCUT2D eigenvalue weighted by Gasteiger charge is -2.34. The first-order chi connectivity index (χ1) is 15.9. The number of esters is 1. The fourth-order valence-electron chi connectivity index (χ4n) is 5.05. The molecule has 4 rings (SSSR count). The second-order valence-corrected chi connectivity index (χ2v) is 8.99. The SMILES string of the molecule is CCCCc1c(C)c(C#N)c2nc3cc(C(=O)OCC)ccc3n2c1N1CCCC1N(C)C. The number of hydrogen-bond donors (Lipinski definition) is 0. The molecule has 2 aromatic heterocycles. The molecule has 0 aliphatic carbocycles. The van der Waals surface area contributed by atoms with Crippen LogP contribution < -0.4 is 4.90 Å². The molecule has 0 N–H and O–H groups in total. The molecule has 1 aromatic carbocycles. The van der Waals surface area contributed by atoms with E-state index in [1.54, 1.807) is 19.1 Å². The second-order valence-electron chi connectivity index (χ2n) is 8.99. The van der Waals surface area contributed by atoms with Gasteiger partial charge in [0.25, 0.3) is 0 Å². The van der Waals surface area contributed by atoms with E-state index in [2.05, 4.69) is 48.2 Å². The number of rotatable bonds is 7. The Bertz CT molecular complexity index is 1240. The van der Waals surface area contributed by atoms with E-state index in [0.717, 1.165) is 55.5 Å². The Balaban J connectivity index is 2.06. The monoisotopic (exact) mass is 447 g/mol. The number of carbonyl (C=O) groups is 1. The highest BCUT2D eigenvalue weighted by Gasteiger charge is 2.32. The summed E-state index contributed by atoms with van der Waals surface area (Å²) in [5.41, 5.74) is 5.59. The quantitative estimate of drug-likeness (QED) is 0.490. The number of unbranched alkanes of at least 4 members (excludes halogenated alkanes) is 1. The molecule has 1 aliphatic rings. The first-order valence-electron chi connectivity index (χ1n) is 11.9. The van der Waals surface area contributed by atoms with Crippen LogP contribution in [0.3, 0.4) is 0 Å². The minimum Gasteiger partial charge on any atom is -0.462 e. The molecule has 1 unspecified atom stereocenters. The van der Waals surface area contributed by atoms with Crippen molar-refractivity contribution < 1.29 is 9.53 Å². The van der Waals surface area contributed by atoms with Crippen LogP contribution >= 0.6 is 0 Å². The molecule has 0 saturated carbocycles. The molecule has 0 radical (unpaired) electrons. The van der Waals surface area contributed by atoms with Gasteiger partial charge in [-0.05, 0) is 83.0 Å². The van der Waals surface area contributed by atoms with Crippen molar-refractivity contribution in [1.82, 2.24) is 14.3 Å². The van der Waals surface area contributed by atoms with E-state index in [1.807, 2.05) is 6.07 Å². The summed E-state index contributed by atoms with van der Waals surface area (Å²) in [6.07, 6.45) is 5.57. The number of imidazole rings is 1. The van der Waals surface area contributed by atoms with Crippen molar-refractivity contribution in [3.8, 4) is 6.07 Å². The molecular formula is C26H33N5O2. The number of anilines is 1. The van der Waals surface area contributed by atoms with Crippen LogP contribution in [0, 0.1) is 18.3 Å². The van der Waals surface area contributed by atoms with E-state index in [-0.39, 0.29) is 12.1 Å². The van der Waals surface area contributed by atoms with Gasteiger partial charge in [-0.25, -0.2) is 9.78 Å². The Morgan fingerprint density at radius 1 is 1.33 bits per heavy atom. The molecule has 1 fully saturated rings. The van der Waals surface area contributed by atoms with Crippen molar-refractivity contribution in [3.63, 3.8) is 0 Å². The van der Waals surface area contributed by atoms with Crippen LogP contribution in [0.4, 0.5) is 5.82 Å². The van der Waals surface area contributed by atoms with Gasteiger partial charge in [0.05, 0.1) is 34.9 Å². The standard InChI is InChI=1S/C26H33N5O2/c1-6-8-10-19-17(3)20(16-27)24-28-21-15-18(26(32)33-7-2)12-13-22(21)31(24)25(19)30-14-9-11-23(30)29(4)5/h12-13,15,23H,6-11,14H2,1-5H3. The predicted molar refractivity (Wildman–Crippen MR) is 131 cm³/mol. The van der Waals surface area contributed by atoms with E-state index in [0.29, 0.717) is 28.9 Å². The van der Waals surface area contributed by atoms with Crippen molar-refractivity contribution in [1.29, 1.82) is 5.26 Å². The van der Waals surface area contributed by atoms with Gasteiger partial charge < -0.3 is 9.64 Å². The number of aromatic nitrogens is 2. The number of ether oxygens (including phenoxy) is 1. The number of fused-ring (bicyclic) bond motifs is 3. The number of nitriles is 1. The molecule has 3 aromatic rings. The molecule has 3 heterocycles. The van der Waals surface area contributed by atoms with Crippen molar-refractivity contribution in [2.24, 2.45) is 0 Å². The Labute approximate surface area is 195 Å². The summed E-state index contributed by atoms with van der Waals surface area (Å²) < 4.78 is 7.34. The Kier molecular flexibility index (Phi) is 6.57. The number of benzene rings is 1.